The topological polar surface area (TPSA) is 92.4 Å². The number of aromatic nitrogens is 4. The van der Waals surface area contributed by atoms with Crippen molar-refractivity contribution in [3.63, 3.8) is 0 Å². The average molecular weight is 364 g/mol. The van der Waals surface area contributed by atoms with E-state index in [0.29, 0.717) is 34.2 Å². The smallest absolute Gasteiger partial charge is 0.243 e. The summed E-state index contributed by atoms with van der Waals surface area (Å²) < 4.78 is 21.0. The molecule has 0 unspecified atom stereocenters. The van der Waals surface area contributed by atoms with Gasteiger partial charge in [-0.1, -0.05) is 24.3 Å². The quantitative estimate of drug-likeness (QED) is 0.532. The van der Waals surface area contributed by atoms with Gasteiger partial charge < -0.3 is 14.2 Å². The fraction of sp³-hybridized carbons (Fsp3) is 0.158. The van der Waals surface area contributed by atoms with Crippen molar-refractivity contribution in [3.8, 4) is 39.6 Å². The Morgan fingerprint density at radius 3 is 2.15 bits per heavy atom. The molecule has 0 saturated carbocycles. The SMILES string of the molecule is COc1cc(-c2ccccc2-c2cnc3nonc3n2)cc(OC)c1OC. The third kappa shape index (κ3) is 2.91. The summed E-state index contributed by atoms with van der Waals surface area (Å²) in [5.74, 6) is 1.68. The first kappa shape index (κ1) is 16.8. The first-order chi connectivity index (χ1) is 13.2. The van der Waals surface area contributed by atoms with Crippen molar-refractivity contribution >= 4 is 11.3 Å². The Kier molecular flexibility index (Phi) is 4.29. The molecule has 0 saturated heterocycles. The molecule has 136 valence electrons. The molecule has 0 aliphatic heterocycles. The van der Waals surface area contributed by atoms with E-state index < -0.39 is 0 Å². The summed E-state index contributed by atoms with van der Waals surface area (Å²) in [6.07, 6.45) is 1.64. The maximum Gasteiger partial charge on any atom is 0.243 e. The van der Waals surface area contributed by atoms with Crippen LogP contribution in [0.25, 0.3) is 33.7 Å². The molecule has 0 N–H and O–H groups in total. The van der Waals surface area contributed by atoms with Gasteiger partial charge in [-0.3, -0.25) is 0 Å². The van der Waals surface area contributed by atoms with E-state index in [-0.39, 0.29) is 0 Å². The summed E-state index contributed by atoms with van der Waals surface area (Å²) in [4.78, 5) is 8.74. The van der Waals surface area contributed by atoms with Gasteiger partial charge in [-0.25, -0.2) is 14.6 Å². The summed E-state index contributed by atoms with van der Waals surface area (Å²) in [7, 11) is 4.75. The molecule has 0 bridgehead atoms. The molecule has 0 aliphatic carbocycles. The van der Waals surface area contributed by atoms with Crippen molar-refractivity contribution in [2.45, 2.75) is 0 Å². The highest BCUT2D eigenvalue weighted by Crippen LogP contribution is 2.43. The third-order valence-corrected chi connectivity index (χ3v) is 4.17. The van der Waals surface area contributed by atoms with Crippen LogP contribution in [0.3, 0.4) is 0 Å². The van der Waals surface area contributed by atoms with Gasteiger partial charge in [-0.15, -0.1) is 0 Å². The van der Waals surface area contributed by atoms with Crippen LogP contribution in [0, 0.1) is 0 Å². The first-order valence-electron chi connectivity index (χ1n) is 8.10. The second-order valence-corrected chi connectivity index (χ2v) is 5.63. The van der Waals surface area contributed by atoms with Gasteiger partial charge in [-0.05, 0) is 33.6 Å². The molecule has 8 heteroatoms. The lowest BCUT2D eigenvalue weighted by Gasteiger charge is -2.15. The zero-order valence-corrected chi connectivity index (χ0v) is 15.0. The molecule has 0 aliphatic rings. The summed E-state index contributed by atoms with van der Waals surface area (Å²) in [5, 5.41) is 7.46. The molecular formula is C19H16N4O4. The molecule has 0 atom stereocenters. The first-order valence-corrected chi connectivity index (χ1v) is 8.10. The van der Waals surface area contributed by atoms with Crippen LogP contribution in [-0.4, -0.2) is 41.6 Å². The lowest BCUT2D eigenvalue weighted by Crippen LogP contribution is -1.96. The predicted octanol–water partition coefficient (Wildman–Crippen LogP) is 3.37. The lowest BCUT2D eigenvalue weighted by atomic mass is 9.97. The van der Waals surface area contributed by atoms with Gasteiger partial charge in [0.2, 0.25) is 17.0 Å². The Morgan fingerprint density at radius 2 is 1.48 bits per heavy atom. The number of nitrogens with zero attached hydrogens (tertiary/aromatic N) is 4. The maximum absolute atomic E-state index is 5.47. The molecular weight excluding hydrogens is 348 g/mol. The van der Waals surface area contributed by atoms with Crippen molar-refractivity contribution in [1.29, 1.82) is 0 Å². The number of fused-ring (bicyclic) bond motifs is 1. The van der Waals surface area contributed by atoms with Crippen LogP contribution < -0.4 is 14.2 Å². The Labute approximate surface area is 154 Å². The van der Waals surface area contributed by atoms with E-state index >= 15 is 0 Å². The summed E-state index contributed by atoms with van der Waals surface area (Å²) in [5.41, 5.74) is 4.07. The third-order valence-electron chi connectivity index (χ3n) is 4.17. The Bertz CT molecular complexity index is 1080. The minimum Gasteiger partial charge on any atom is -0.493 e. The van der Waals surface area contributed by atoms with Crippen LogP contribution >= 0.6 is 0 Å². The van der Waals surface area contributed by atoms with Crippen LogP contribution in [0.2, 0.25) is 0 Å². The molecule has 4 aromatic rings. The van der Waals surface area contributed by atoms with Crippen LogP contribution in [0.5, 0.6) is 17.2 Å². The second kappa shape index (κ2) is 6.91. The summed E-state index contributed by atoms with van der Waals surface area (Å²) >= 11 is 0. The molecule has 2 aromatic heterocycles. The van der Waals surface area contributed by atoms with Crippen LogP contribution in [0.15, 0.2) is 47.2 Å². The van der Waals surface area contributed by atoms with Crippen molar-refractivity contribution in [2.75, 3.05) is 21.3 Å². The number of ether oxygens (including phenoxy) is 3. The second-order valence-electron chi connectivity index (χ2n) is 5.63. The normalized spacial score (nSPS) is 10.8. The van der Waals surface area contributed by atoms with Crippen LogP contribution in [-0.2, 0) is 0 Å². The van der Waals surface area contributed by atoms with E-state index in [1.807, 2.05) is 36.4 Å². The van der Waals surface area contributed by atoms with Crippen molar-refractivity contribution in [2.24, 2.45) is 0 Å². The van der Waals surface area contributed by atoms with E-state index in [2.05, 4.69) is 24.9 Å². The minimum absolute atomic E-state index is 0.354. The van der Waals surface area contributed by atoms with Gasteiger partial charge >= 0.3 is 0 Å². The number of hydrogen-bond acceptors (Lipinski definition) is 8. The molecule has 4 rings (SSSR count). The zero-order valence-electron chi connectivity index (χ0n) is 15.0. The molecule has 2 aromatic carbocycles. The van der Waals surface area contributed by atoms with E-state index in [1.54, 1.807) is 27.5 Å². The Balaban J connectivity index is 1.90. The van der Waals surface area contributed by atoms with E-state index in [4.69, 9.17) is 14.2 Å². The maximum atomic E-state index is 5.47. The predicted molar refractivity (Wildman–Crippen MR) is 97.9 cm³/mol. The zero-order chi connectivity index (χ0) is 18.8. The summed E-state index contributed by atoms with van der Waals surface area (Å²) in [6, 6.07) is 11.6. The van der Waals surface area contributed by atoms with Gasteiger partial charge in [0.1, 0.15) is 0 Å². The van der Waals surface area contributed by atoms with Gasteiger partial charge in [0.25, 0.3) is 0 Å². The van der Waals surface area contributed by atoms with E-state index in [9.17, 15) is 0 Å². The fourth-order valence-corrected chi connectivity index (χ4v) is 2.92. The molecule has 8 nitrogen and oxygen atoms in total. The molecule has 2 heterocycles. The van der Waals surface area contributed by atoms with Crippen LogP contribution in [0.1, 0.15) is 0 Å². The highest BCUT2D eigenvalue weighted by molar-refractivity contribution is 5.85. The average Bonchev–Trinajstić information content (AvgIpc) is 3.20. The number of hydrogen-bond donors (Lipinski definition) is 0. The molecule has 0 radical (unpaired) electrons. The van der Waals surface area contributed by atoms with Gasteiger partial charge in [0, 0.05) is 5.56 Å². The molecule has 27 heavy (non-hydrogen) atoms. The number of benzene rings is 2. The van der Waals surface area contributed by atoms with Crippen molar-refractivity contribution in [3.05, 3.63) is 42.6 Å². The lowest BCUT2D eigenvalue weighted by molar-refractivity contribution is 0.314. The fourth-order valence-electron chi connectivity index (χ4n) is 2.92. The standard InChI is InChI=1S/C19H16N4O4/c1-24-15-8-11(9-16(25-2)17(15)26-3)12-6-4-5-7-13(12)14-10-20-18-19(21-14)23-27-22-18/h4-10H,1-3H3. The highest BCUT2D eigenvalue weighted by Gasteiger charge is 2.17. The molecule has 0 spiro atoms. The minimum atomic E-state index is 0.354. The number of methoxy groups -OCH3 is 3. The Morgan fingerprint density at radius 1 is 0.815 bits per heavy atom. The van der Waals surface area contributed by atoms with Crippen molar-refractivity contribution in [1.82, 2.24) is 20.3 Å². The van der Waals surface area contributed by atoms with Gasteiger partial charge in [0.15, 0.2) is 11.5 Å². The largest absolute Gasteiger partial charge is 0.493 e. The van der Waals surface area contributed by atoms with Gasteiger partial charge in [0.05, 0.1) is 33.2 Å². The highest BCUT2D eigenvalue weighted by atomic mass is 16.6. The summed E-state index contributed by atoms with van der Waals surface area (Å²) in [6.45, 7) is 0. The van der Waals surface area contributed by atoms with Gasteiger partial charge in [-0.2, -0.15) is 0 Å². The number of rotatable bonds is 5. The van der Waals surface area contributed by atoms with E-state index in [0.717, 1.165) is 16.7 Å². The monoisotopic (exact) mass is 364 g/mol. The van der Waals surface area contributed by atoms with Crippen molar-refractivity contribution < 1.29 is 18.8 Å². The Hall–Kier alpha value is -3.68. The molecule has 0 fully saturated rings. The van der Waals surface area contributed by atoms with Crippen LogP contribution in [0.4, 0.5) is 0 Å². The molecule has 0 amide bonds. The van der Waals surface area contributed by atoms with E-state index in [1.165, 1.54) is 0 Å².